The van der Waals surface area contributed by atoms with E-state index in [1.807, 2.05) is 0 Å². The third-order valence-electron chi connectivity index (χ3n) is 2.53. The fourth-order valence-corrected chi connectivity index (χ4v) is 2.83. The number of rotatable bonds is 3. The van der Waals surface area contributed by atoms with Crippen molar-refractivity contribution in [3.05, 3.63) is 53.8 Å². The van der Waals surface area contributed by atoms with E-state index in [4.69, 9.17) is 11.0 Å². The van der Waals surface area contributed by atoms with Gasteiger partial charge in [-0.2, -0.15) is 5.26 Å². The van der Waals surface area contributed by atoms with E-state index in [0.717, 1.165) is 6.07 Å². The minimum Gasteiger partial charge on any atom is -0.399 e. The Morgan fingerprint density at radius 3 is 2.55 bits per heavy atom. The minimum absolute atomic E-state index is 0.0177. The second-order valence-corrected chi connectivity index (χ2v) is 5.60. The van der Waals surface area contributed by atoms with Gasteiger partial charge in [-0.1, -0.05) is 12.1 Å². The van der Waals surface area contributed by atoms with Crippen molar-refractivity contribution in [1.29, 1.82) is 5.26 Å². The topological polar surface area (TPSA) is 96.0 Å². The summed E-state index contributed by atoms with van der Waals surface area (Å²) < 4.78 is 40.0. The van der Waals surface area contributed by atoms with E-state index in [0.29, 0.717) is 0 Å². The van der Waals surface area contributed by atoms with Crippen LogP contribution in [-0.2, 0) is 10.0 Å². The monoisotopic (exact) mass is 291 g/mol. The number of hydrogen-bond donors (Lipinski definition) is 2. The highest BCUT2D eigenvalue weighted by Gasteiger charge is 2.19. The van der Waals surface area contributed by atoms with Crippen molar-refractivity contribution in [3.63, 3.8) is 0 Å². The van der Waals surface area contributed by atoms with Crippen LogP contribution in [0.2, 0.25) is 0 Å². The standard InChI is InChI=1S/C13H10FN3O2S/c14-11-7-10(16)5-6-12(11)17-20(18,19)13-4-2-1-3-9(13)8-15/h1-7,17H,16H2. The molecule has 2 aromatic rings. The highest BCUT2D eigenvalue weighted by Crippen LogP contribution is 2.22. The van der Waals surface area contributed by atoms with E-state index in [9.17, 15) is 12.8 Å². The molecule has 3 N–H and O–H groups in total. The number of nitrogen functional groups attached to an aromatic ring is 1. The van der Waals surface area contributed by atoms with Crippen LogP contribution in [0.3, 0.4) is 0 Å². The molecule has 0 fully saturated rings. The molecule has 0 bridgehead atoms. The molecule has 0 aliphatic rings. The van der Waals surface area contributed by atoms with Gasteiger partial charge in [-0.05, 0) is 30.3 Å². The Balaban J connectivity index is 2.44. The van der Waals surface area contributed by atoms with Crippen molar-refractivity contribution in [2.75, 3.05) is 10.5 Å². The van der Waals surface area contributed by atoms with Gasteiger partial charge in [-0.3, -0.25) is 4.72 Å². The van der Waals surface area contributed by atoms with E-state index in [1.54, 1.807) is 12.1 Å². The Morgan fingerprint density at radius 1 is 1.20 bits per heavy atom. The third-order valence-corrected chi connectivity index (χ3v) is 3.96. The van der Waals surface area contributed by atoms with Crippen LogP contribution in [0, 0.1) is 17.1 Å². The summed E-state index contributed by atoms with van der Waals surface area (Å²) in [7, 11) is -4.04. The van der Waals surface area contributed by atoms with Gasteiger partial charge in [-0.15, -0.1) is 0 Å². The molecule has 0 saturated heterocycles. The molecule has 2 rings (SSSR count). The zero-order valence-corrected chi connectivity index (χ0v) is 11.0. The first-order valence-corrected chi connectivity index (χ1v) is 6.99. The summed E-state index contributed by atoms with van der Waals surface area (Å²) in [6, 6.07) is 11.0. The Hall–Kier alpha value is -2.59. The van der Waals surface area contributed by atoms with Gasteiger partial charge < -0.3 is 5.73 Å². The Labute approximate surface area is 115 Å². The van der Waals surface area contributed by atoms with Crippen LogP contribution >= 0.6 is 0 Å². The summed E-state index contributed by atoms with van der Waals surface area (Å²) in [6.45, 7) is 0. The van der Waals surface area contributed by atoms with E-state index in [2.05, 4.69) is 4.72 Å². The number of hydrogen-bond acceptors (Lipinski definition) is 4. The number of benzene rings is 2. The number of sulfonamides is 1. The van der Waals surface area contributed by atoms with Crippen molar-refractivity contribution < 1.29 is 12.8 Å². The van der Waals surface area contributed by atoms with Crippen molar-refractivity contribution in [3.8, 4) is 6.07 Å². The molecule has 2 aromatic carbocycles. The van der Waals surface area contributed by atoms with Gasteiger partial charge in [0.15, 0.2) is 0 Å². The van der Waals surface area contributed by atoms with Crippen molar-refractivity contribution in [2.24, 2.45) is 0 Å². The number of nitrogens with one attached hydrogen (secondary N) is 1. The molecule has 0 aromatic heterocycles. The lowest BCUT2D eigenvalue weighted by Crippen LogP contribution is -2.15. The van der Waals surface area contributed by atoms with Crippen LogP contribution in [0.4, 0.5) is 15.8 Å². The molecule has 20 heavy (non-hydrogen) atoms. The highest BCUT2D eigenvalue weighted by atomic mass is 32.2. The zero-order valence-electron chi connectivity index (χ0n) is 10.2. The van der Waals surface area contributed by atoms with Crippen LogP contribution in [-0.4, -0.2) is 8.42 Å². The molecule has 0 radical (unpaired) electrons. The third kappa shape index (κ3) is 2.70. The largest absolute Gasteiger partial charge is 0.399 e. The molecule has 7 heteroatoms. The molecular weight excluding hydrogens is 281 g/mol. The van der Waals surface area contributed by atoms with Crippen molar-refractivity contribution in [2.45, 2.75) is 4.90 Å². The quantitative estimate of drug-likeness (QED) is 0.846. The van der Waals surface area contributed by atoms with Gasteiger partial charge in [0.2, 0.25) is 0 Å². The minimum atomic E-state index is -4.04. The lowest BCUT2D eigenvalue weighted by Gasteiger charge is -2.10. The highest BCUT2D eigenvalue weighted by molar-refractivity contribution is 7.92. The molecule has 0 heterocycles. The number of halogens is 1. The smallest absolute Gasteiger partial charge is 0.263 e. The van der Waals surface area contributed by atoms with Gasteiger partial charge in [0.25, 0.3) is 10.0 Å². The number of nitrogens with two attached hydrogens (primary N) is 1. The molecular formula is C13H10FN3O2S. The first kappa shape index (κ1) is 13.8. The summed E-state index contributed by atoms with van der Waals surface area (Å²) in [5.41, 5.74) is 5.32. The van der Waals surface area contributed by atoms with E-state index in [1.165, 1.54) is 30.3 Å². The Kier molecular flexibility index (Phi) is 3.59. The summed E-state index contributed by atoms with van der Waals surface area (Å²) in [5, 5.41) is 8.91. The van der Waals surface area contributed by atoms with Gasteiger partial charge in [0, 0.05) is 5.69 Å². The molecule has 5 nitrogen and oxygen atoms in total. The van der Waals surface area contributed by atoms with Crippen LogP contribution in [0.25, 0.3) is 0 Å². The van der Waals surface area contributed by atoms with E-state index < -0.39 is 15.8 Å². The first-order valence-electron chi connectivity index (χ1n) is 5.51. The van der Waals surface area contributed by atoms with E-state index in [-0.39, 0.29) is 21.8 Å². The normalized spacial score (nSPS) is 10.8. The Morgan fingerprint density at radius 2 is 1.90 bits per heavy atom. The van der Waals surface area contributed by atoms with Crippen LogP contribution in [0.5, 0.6) is 0 Å². The molecule has 0 spiro atoms. The second kappa shape index (κ2) is 5.19. The lowest BCUT2D eigenvalue weighted by atomic mass is 10.2. The molecule has 0 aliphatic heterocycles. The predicted molar refractivity (Wildman–Crippen MR) is 72.8 cm³/mol. The van der Waals surface area contributed by atoms with Crippen molar-refractivity contribution >= 4 is 21.4 Å². The molecule has 0 atom stereocenters. The maximum atomic E-state index is 13.6. The lowest BCUT2D eigenvalue weighted by molar-refractivity contribution is 0.598. The molecule has 0 amide bonds. The van der Waals surface area contributed by atoms with Gasteiger partial charge in [0.05, 0.1) is 11.3 Å². The van der Waals surface area contributed by atoms with Crippen LogP contribution in [0.1, 0.15) is 5.56 Å². The maximum Gasteiger partial charge on any atom is 0.263 e. The van der Waals surface area contributed by atoms with E-state index >= 15 is 0 Å². The molecule has 102 valence electrons. The van der Waals surface area contributed by atoms with Gasteiger partial charge in [0.1, 0.15) is 16.8 Å². The summed E-state index contributed by atoms with van der Waals surface area (Å²) >= 11 is 0. The van der Waals surface area contributed by atoms with Crippen molar-refractivity contribution in [1.82, 2.24) is 0 Å². The van der Waals surface area contributed by atoms with Gasteiger partial charge >= 0.3 is 0 Å². The molecule has 0 unspecified atom stereocenters. The molecule has 0 aliphatic carbocycles. The summed E-state index contributed by atoms with van der Waals surface area (Å²) in [6.07, 6.45) is 0. The number of nitriles is 1. The van der Waals surface area contributed by atoms with Crippen LogP contribution < -0.4 is 10.5 Å². The van der Waals surface area contributed by atoms with Crippen LogP contribution in [0.15, 0.2) is 47.4 Å². The van der Waals surface area contributed by atoms with Gasteiger partial charge in [-0.25, -0.2) is 12.8 Å². The number of nitrogens with zero attached hydrogens (tertiary/aromatic N) is 1. The average Bonchev–Trinajstić information content (AvgIpc) is 2.42. The Bertz CT molecular complexity index is 798. The summed E-state index contributed by atoms with van der Waals surface area (Å²) in [5.74, 6) is -0.789. The maximum absolute atomic E-state index is 13.6. The summed E-state index contributed by atoms with van der Waals surface area (Å²) in [4.78, 5) is -0.210. The fraction of sp³-hybridized carbons (Fsp3) is 0. The number of anilines is 2. The predicted octanol–water partition coefficient (Wildman–Crippen LogP) is 2.08. The fourth-order valence-electron chi connectivity index (χ4n) is 1.61. The SMILES string of the molecule is N#Cc1ccccc1S(=O)(=O)Nc1ccc(N)cc1F. The average molecular weight is 291 g/mol. The molecule has 0 saturated carbocycles. The first-order chi connectivity index (χ1) is 9.44. The zero-order chi connectivity index (χ0) is 14.8. The second-order valence-electron chi connectivity index (χ2n) is 3.95.